The van der Waals surface area contributed by atoms with Crippen molar-refractivity contribution in [2.75, 3.05) is 0 Å². The molecule has 0 aliphatic rings. The van der Waals surface area contributed by atoms with Crippen LogP contribution >= 0.6 is 0 Å². The van der Waals surface area contributed by atoms with Gasteiger partial charge in [-0.05, 0) is 40.2 Å². The second kappa shape index (κ2) is 4.12. The highest BCUT2D eigenvalue weighted by Crippen LogP contribution is 2.07. The summed E-state index contributed by atoms with van der Waals surface area (Å²) in [5.41, 5.74) is 4.26. The van der Waals surface area contributed by atoms with Gasteiger partial charge in [0.15, 0.2) is 0 Å². The van der Waals surface area contributed by atoms with Crippen molar-refractivity contribution >= 4 is 5.71 Å². The lowest BCUT2D eigenvalue weighted by Gasteiger charge is -1.99. The largest absolute Gasteiger partial charge is 0.305 e. The van der Waals surface area contributed by atoms with E-state index in [2.05, 4.69) is 26.8 Å². The van der Waals surface area contributed by atoms with Gasteiger partial charge >= 0.3 is 0 Å². The SMILES string of the molecule is CC(=N)/C(C)=C\C(C)=C(C)C. The van der Waals surface area contributed by atoms with E-state index in [-0.39, 0.29) is 0 Å². The highest BCUT2D eigenvalue weighted by atomic mass is 14.4. The molecular formula is C10H17N. The van der Waals surface area contributed by atoms with Crippen LogP contribution in [0.1, 0.15) is 34.6 Å². The molecule has 0 saturated carbocycles. The third kappa shape index (κ3) is 3.76. The average Bonchev–Trinajstić information content (AvgIpc) is 1.87. The summed E-state index contributed by atoms with van der Waals surface area (Å²) in [6.07, 6.45) is 2.05. The van der Waals surface area contributed by atoms with Gasteiger partial charge in [-0.1, -0.05) is 17.2 Å². The molecule has 1 heteroatoms. The molecule has 1 N–H and O–H groups in total. The summed E-state index contributed by atoms with van der Waals surface area (Å²) >= 11 is 0. The molecule has 0 rings (SSSR count). The fourth-order valence-electron chi connectivity index (χ4n) is 0.577. The van der Waals surface area contributed by atoms with Gasteiger partial charge in [-0.25, -0.2) is 0 Å². The molecule has 0 unspecified atom stereocenters. The molecule has 0 aromatic heterocycles. The van der Waals surface area contributed by atoms with E-state index >= 15 is 0 Å². The summed E-state index contributed by atoms with van der Waals surface area (Å²) < 4.78 is 0. The van der Waals surface area contributed by atoms with E-state index in [4.69, 9.17) is 5.41 Å². The molecule has 0 amide bonds. The second-order valence-corrected chi connectivity index (χ2v) is 3.14. The summed E-state index contributed by atoms with van der Waals surface area (Å²) in [5, 5.41) is 7.34. The lowest BCUT2D eigenvalue weighted by Crippen LogP contribution is -1.90. The molecule has 0 bridgehead atoms. The van der Waals surface area contributed by atoms with Crippen molar-refractivity contribution in [2.45, 2.75) is 34.6 Å². The van der Waals surface area contributed by atoms with Crippen LogP contribution in [0.4, 0.5) is 0 Å². The predicted octanol–water partition coefficient (Wildman–Crippen LogP) is 3.33. The molecule has 0 aromatic carbocycles. The summed E-state index contributed by atoms with van der Waals surface area (Å²) in [5.74, 6) is 0. The minimum atomic E-state index is 0.644. The van der Waals surface area contributed by atoms with Crippen molar-refractivity contribution in [1.29, 1.82) is 5.41 Å². The fourth-order valence-corrected chi connectivity index (χ4v) is 0.577. The molecule has 0 spiro atoms. The molecule has 0 aliphatic carbocycles. The topological polar surface area (TPSA) is 23.9 Å². The van der Waals surface area contributed by atoms with Crippen molar-refractivity contribution < 1.29 is 0 Å². The number of allylic oxidation sites excluding steroid dienone is 4. The maximum atomic E-state index is 7.34. The Labute approximate surface area is 69.3 Å². The zero-order chi connectivity index (χ0) is 9.02. The molecule has 62 valence electrons. The maximum Gasteiger partial charge on any atom is 0.0312 e. The quantitative estimate of drug-likeness (QED) is 0.462. The third-order valence-electron chi connectivity index (χ3n) is 1.81. The molecule has 11 heavy (non-hydrogen) atoms. The first-order valence-corrected chi connectivity index (χ1v) is 3.83. The number of hydrogen-bond donors (Lipinski definition) is 1. The molecule has 0 saturated heterocycles. The first kappa shape index (κ1) is 10.2. The molecule has 0 heterocycles. The van der Waals surface area contributed by atoms with E-state index in [0.717, 1.165) is 5.57 Å². The highest BCUT2D eigenvalue weighted by molar-refractivity contribution is 5.95. The van der Waals surface area contributed by atoms with Gasteiger partial charge < -0.3 is 5.41 Å². The molecular weight excluding hydrogens is 134 g/mol. The minimum absolute atomic E-state index is 0.644. The van der Waals surface area contributed by atoms with E-state index in [1.54, 1.807) is 0 Å². The fraction of sp³-hybridized carbons (Fsp3) is 0.500. The maximum absolute atomic E-state index is 7.34. The van der Waals surface area contributed by atoms with Crippen LogP contribution in [0, 0.1) is 5.41 Å². The number of nitrogens with one attached hydrogen (secondary N) is 1. The van der Waals surface area contributed by atoms with Gasteiger partial charge in [-0.2, -0.15) is 0 Å². The van der Waals surface area contributed by atoms with Crippen molar-refractivity contribution in [1.82, 2.24) is 0 Å². The summed E-state index contributed by atoms with van der Waals surface area (Å²) in [7, 11) is 0. The molecule has 0 fully saturated rings. The Balaban J connectivity index is 4.58. The zero-order valence-electron chi connectivity index (χ0n) is 8.08. The minimum Gasteiger partial charge on any atom is -0.305 e. The first-order chi connectivity index (χ1) is 4.95. The smallest absolute Gasteiger partial charge is 0.0312 e. The van der Waals surface area contributed by atoms with Crippen LogP contribution in [-0.2, 0) is 0 Å². The van der Waals surface area contributed by atoms with Gasteiger partial charge in [0.1, 0.15) is 0 Å². The van der Waals surface area contributed by atoms with Gasteiger partial charge in [0.05, 0.1) is 0 Å². The summed E-state index contributed by atoms with van der Waals surface area (Å²) in [4.78, 5) is 0. The monoisotopic (exact) mass is 151 g/mol. The van der Waals surface area contributed by atoms with Crippen molar-refractivity contribution in [3.63, 3.8) is 0 Å². The van der Waals surface area contributed by atoms with Crippen LogP contribution in [-0.4, -0.2) is 5.71 Å². The van der Waals surface area contributed by atoms with Gasteiger partial charge in [-0.3, -0.25) is 0 Å². The standard InChI is InChI=1S/C10H17N/c1-7(2)8(3)6-9(4)10(5)11/h6,11H,1-5H3/b9-6-,11-10?. The lowest BCUT2D eigenvalue weighted by molar-refractivity contribution is 1.28. The van der Waals surface area contributed by atoms with E-state index in [9.17, 15) is 0 Å². The van der Waals surface area contributed by atoms with Gasteiger partial charge in [-0.15, -0.1) is 0 Å². The Morgan fingerprint density at radius 3 is 1.73 bits per heavy atom. The number of rotatable bonds is 2. The normalized spacial score (nSPS) is 11.2. The van der Waals surface area contributed by atoms with Crippen LogP contribution in [0.25, 0.3) is 0 Å². The van der Waals surface area contributed by atoms with E-state index in [0.29, 0.717) is 5.71 Å². The Kier molecular flexibility index (Phi) is 3.80. The van der Waals surface area contributed by atoms with Gasteiger partial charge in [0.25, 0.3) is 0 Å². The third-order valence-corrected chi connectivity index (χ3v) is 1.81. The van der Waals surface area contributed by atoms with E-state index in [1.807, 2.05) is 13.8 Å². The summed E-state index contributed by atoms with van der Waals surface area (Å²) in [6.45, 7) is 10.0. The lowest BCUT2D eigenvalue weighted by atomic mass is 10.1. The van der Waals surface area contributed by atoms with Crippen LogP contribution in [0.15, 0.2) is 22.8 Å². The Bertz CT molecular complexity index is 215. The number of hydrogen-bond acceptors (Lipinski definition) is 1. The summed E-state index contributed by atoms with van der Waals surface area (Å²) in [6, 6.07) is 0. The van der Waals surface area contributed by atoms with E-state index in [1.165, 1.54) is 11.1 Å². The Hall–Kier alpha value is -0.850. The Morgan fingerprint density at radius 2 is 1.45 bits per heavy atom. The van der Waals surface area contributed by atoms with Crippen molar-refractivity contribution in [2.24, 2.45) is 0 Å². The molecule has 0 radical (unpaired) electrons. The van der Waals surface area contributed by atoms with Crippen molar-refractivity contribution in [3.05, 3.63) is 22.8 Å². The van der Waals surface area contributed by atoms with Crippen LogP contribution in [0.5, 0.6) is 0 Å². The van der Waals surface area contributed by atoms with Crippen molar-refractivity contribution in [3.8, 4) is 0 Å². The molecule has 0 aromatic rings. The molecule has 0 aliphatic heterocycles. The van der Waals surface area contributed by atoms with Crippen LogP contribution in [0.3, 0.4) is 0 Å². The Morgan fingerprint density at radius 1 is 1.00 bits per heavy atom. The second-order valence-electron chi connectivity index (χ2n) is 3.14. The van der Waals surface area contributed by atoms with Crippen LogP contribution in [0.2, 0.25) is 0 Å². The van der Waals surface area contributed by atoms with E-state index < -0.39 is 0 Å². The highest BCUT2D eigenvalue weighted by Gasteiger charge is 1.92. The van der Waals surface area contributed by atoms with Gasteiger partial charge in [0.2, 0.25) is 0 Å². The van der Waals surface area contributed by atoms with Gasteiger partial charge in [0, 0.05) is 5.71 Å². The zero-order valence-corrected chi connectivity index (χ0v) is 8.08. The molecule has 1 nitrogen and oxygen atoms in total. The molecule has 0 atom stereocenters. The predicted molar refractivity (Wildman–Crippen MR) is 51.2 cm³/mol. The first-order valence-electron chi connectivity index (χ1n) is 3.83. The van der Waals surface area contributed by atoms with Crippen LogP contribution < -0.4 is 0 Å². The average molecular weight is 151 g/mol.